The van der Waals surface area contributed by atoms with E-state index in [1.165, 1.54) is 12.8 Å². The van der Waals surface area contributed by atoms with Crippen molar-refractivity contribution in [1.29, 1.82) is 0 Å². The molecule has 0 spiro atoms. The summed E-state index contributed by atoms with van der Waals surface area (Å²) in [6.07, 6.45) is 3.23. The van der Waals surface area contributed by atoms with Gasteiger partial charge in [0.25, 0.3) is 5.91 Å². The molecule has 0 atom stereocenters. The van der Waals surface area contributed by atoms with Gasteiger partial charge in [-0.3, -0.25) is 4.79 Å². The molecule has 6 heteroatoms. The van der Waals surface area contributed by atoms with E-state index in [4.69, 9.17) is 17.3 Å². The van der Waals surface area contributed by atoms with Gasteiger partial charge in [-0.2, -0.15) is 0 Å². The zero-order valence-corrected chi connectivity index (χ0v) is 12.1. The third kappa shape index (κ3) is 3.70. The molecule has 1 aliphatic carbocycles. The number of nitrogens with one attached hydrogen (secondary N) is 1. The minimum absolute atomic E-state index is 0.269. The Morgan fingerprint density at radius 1 is 1.33 bits per heavy atom. The first-order chi connectivity index (χ1) is 10.1. The number of aromatic nitrogens is 2. The molecule has 1 fully saturated rings. The quantitative estimate of drug-likeness (QED) is 0.672. The van der Waals surface area contributed by atoms with Crippen LogP contribution in [0.4, 0.5) is 11.5 Å². The first-order valence-electron chi connectivity index (χ1n) is 6.80. The molecule has 1 heterocycles. The van der Waals surface area contributed by atoms with Gasteiger partial charge in [0, 0.05) is 23.7 Å². The molecular formula is C15H15ClN4O. The number of hydrogen-bond acceptors (Lipinski definition) is 4. The second-order valence-corrected chi connectivity index (χ2v) is 5.61. The number of carbonyl (C=O) groups is 1. The maximum absolute atomic E-state index is 12.2. The van der Waals surface area contributed by atoms with Crippen molar-refractivity contribution in [2.75, 3.05) is 11.1 Å². The van der Waals surface area contributed by atoms with Crippen LogP contribution < -0.4 is 11.1 Å². The highest BCUT2D eigenvalue weighted by Gasteiger charge is 2.23. The Bertz CT molecular complexity index is 685. The predicted molar refractivity (Wildman–Crippen MR) is 82.3 cm³/mol. The van der Waals surface area contributed by atoms with Crippen molar-refractivity contribution < 1.29 is 4.79 Å². The fourth-order valence-corrected chi connectivity index (χ4v) is 2.27. The Hall–Kier alpha value is -2.14. The van der Waals surface area contributed by atoms with Crippen molar-refractivity contribution in [2.45, 2.75) is 19.3 Å². The zero-order valence-electron chi connectivity index (χ0n) is 11.3. The number of amides is 1. The van der Waals surface area contributed by atoms with Crippen LogP contribution >= 0.6 is 11.6 Å². The van der Waals surface area contributed by atoms with Crippen molar-refractivity contribution in [3.05, 3.63) is 46.9 Å². The molecule has 2 aromatic rings. The molecule has 3 rings (SSSR count). The summed E-state index contributed by atoms with van der Waals surface area (Å²) < 4.78 is 0. The zero-order chi connectivity index (χ0) is 14.8. The summed E-state index contributed by atoms with van der Waals surface area (Å²) in [7, 11) is 0. The summed E-state index contributed by atoms with van der Waals surface area (Å²) in [5.74, 6) is 1.47. The predicted octanol–water partition coefficient (Wildman–Crippen LogP) is 2.92. The molecule has 0 aliphatic heterocycles. The van der Waals surface area contributed by atoms with E-state index in [2.05, 4.69) is 15.3 Å². The van der Waals surface area contributed by atoms with E-state index in [1.807, 2.05) is 0 Å². The molecule has 1 aromatic carbocycles. The fraction of sp³-hybridized carbons (Fsp3) is 0.267. The molecule has 1 amide bonds. The van der Waals surface area contributed by atoms with Crippen molar-refractivity contribution in [3.63, 3.8) is 0 Å². The molecule has 3 N–H and O–H groups in total. The van der Waals surface area contributed by atoms with Gasteiger partial charge in [0.15, 0.2) is 0 Å². The Labute approximate surface area is 127 Å². The number of carbonyl (C=O) groups excluding carboxylic acids is 1. The molecular weight excluding hydrogens is 288 g/mol. The smallest absolute Gasteiger partial charge is 0.256 e. The number of nitrogens with two attached hydrogens (primary N) is 1. The second-order valence-electron chi connectivity index (χ2n) is 5.22. The van der Waals surface area contributed by atoms with E-state index in [-0.39, 0.29) is 5.91 Å². The van der Waals surface area contributed by atoms with Gasteiger partial charge in [0.05, 0.1) is 0 Å². The molecule has 0 bridgehead atoms. The standard InChI is InChI=1S/C15H15ClN4O/c16-12-8-14(19-13(18-12)6-9-4-5-9)20-15(21)10-2-1-3-11(17)7-10/h1-3,7-9H,4-6,17H2,(H,18,19,20,21). The maximum Gasteiger partial charge on any atom is 0.256 e. The Kier molecular flexibility index (Phi) is 3.75. The van der Waals surface area contributed by atoms with Crippen LogP contribution in [0.5, 0.6) is 0 Å². The van der Waals surface area contributed by atoms with Crippen LogP contribution in [0.15, 0.2) is 30.3 Å². The molecule has 108 valence electrons. The molecule has 1 saturated carbocycles. The number of nitrogens with zero attached hydrogens (tertiary/aromatic N) is 2. The summed E-state index contributed by atoms with van der Waals surface area (Å²) in [4.78, 5) is 20.7. The second kappa shape index (κ2) is 5.69. The molecule has 21 heavy (non-hydrogen) atoms. The number of halogens is 1. The van der Waals surface area contributed by atoms with Gasteiger partial charge < -0.3 is 11.1 Å². The van der Waals surface area contributed by atoms with Crippen molar-refractivity contribution in [1.82, 2.24) is 9.97 Å². The summed E-state index contributed by atoms with van der Waals surface area (Å²) in [5, 5.41) is 3.07. The van der Waals surface area contributed by atoms with Crippen LogP contribution in [-0.2, 0) is 6.42 Å². The summed E-state index contributed by atoms with van der Waals surface area (Å²) in [5.41, 5.74) is 6.69. The van der Waals surface area contributed by atoms with Gasteiger partial charge >= 0.3 is 0 Å². The van der Waals surface area contributed by atoms with Gasteiger partial charge in [-0.15, -0.1) is 0 Å². The van der Waals surface area contributed by atoms with Crippen LogP contribution in [0.25, 0.3) is 0 Å². The molecule has 0 unspecified atom stereocenters. The number of rotatable bonds is 4. The minimum atomic E-state index is -0.269. The maximum atomic E-state index is 12.2. The molecule has 1 aliphatic rings. The molecule has 5 nitrogen and oxygen atoms in total. The van der Waals surface area contributed by atoms with E-state index < -0.39 is 0 Å². The third-order valence-corrected chi connectivity index (χ3v) is 3.49. The van der Waals surface area contributed by atoms with E-state index in [1.54, 1.807) is 30.3 Å². The largest absolute Gasteiger partial charge is 0.399 e. The van der Waals surface area contributed by atoms with E-state index >= 15 is 0 Å². The first kappa shape index (κ1) is 13.8. The van der Waals surface area contributed by atoms with Crippen molar-refractivity contribution in [2.24, 2.45) is 5.92 Å². The topological polar surface area (TPSA) is 80.9 Å². The highest BCUT2D eigenvalue weighted by atomic mass is 35.5. The number of anilines is 2. The van der Waals surface area contributed by atoms with Crippen LogP contribution in [0.2, 0.25) is 5.15 Å². The third-order valence-electron chi connectivity index (χ3n) is 3.30. The first-order valence-corrected chi connectivity index (χ1v) is 7.18. The van der Waals surface area contributed by atoms with E-state index in [9.17, 15) is 4.79 Å². The van der Waals surface area contributed by atoms with Gasteiger partial charge in [0.1, 0.15) is 16.8 Å². The van der Waals surface area contributed by atoms with Crippen LogP contribution in [-0.4, -0.2) is 15.9 Å². The average Bonchev–Trinajstić information content (AvgIpc) is 3.22. The molecule has 0 radical (unpaired) electrons. The Morgan fingerprint density at radius 3 is 2.86 bits per heavy atom. The highest BCUT2D eigenvalue weighted by molar-refractivity contribution is 6.29. The summed E-state index contributed by atoms with van der Waals surface area (Å²) in [6.45, 7) is 0. The van der Waals surface area contributed by atoms with Gasteiger partial charge in [0.2, 0.25) is 0 Å². The number of hydrogen-bond donors (Lipinski definition) is 2. The highest BCUT2D eigenvalue weighted by Crippen LogP contribution is 2.32. The summed E-state index contributed by atoms with van der Waals surface area (Å²) >= 11 is 5.99. The van der Waals surface area contributed by atoms with Gasteiger partial charge in [-0.05, 0) is 37.0 Å². The average molecular weight is 303 g/mol. The normalized spacial score (nSPS) is 14.0. The lowest BCUT2D eigenvalue weighted by Gasteiger charge is -2.07. The fourth-order valence-electron chi connectivity index (χ4n) is 2.07. The minimum Gasteiger partial charge on any atom is -0.399 e. The van der Waals surface area contributed by atoms with Crippen LogP contribution in [0.3, 0.4) is 0 Å². The lowest BCUT2D eigenvalue weighted by atomic mass is 10.2. The monoisotopic (exact) mass is 302 g/mol. The van der Waals surface area contributed by atoms with E-state index in [0.29, 0.717) is 34.0 Å². The number of benzene rings is 1. The van der Waals surface area contributed by atoms with Crippen molar-refractivity contribution in [3.8, 4) is 0 Å². The summed E-state index contributed by atoms with van der Waals surface area (Å²) in [6, 6.07) is 8.31. The lowest BCUT2D eigenvalue weighted by molar-refractivity contribution is 0.102. The van der Waals surface area contributed by atoms with Crippen LogP contribution in [0.1, 0.15) is 29.0 Å². The molecule has 1 aromatic heterocycles. The Morgan fingerprint density at radius 2 is 2.14 bits per heavy atom. The van der Waals surface area contributed by atoms with Crippen LogP contribution in [0, 0.1) is 5.92 Å². The van der Waals surface area contributed by atoms with E-state index in [0.717, 1.165) is 6.42 Å². The number of nitrogen functional groups attached to an aromatic ring is 1. The SMILES string of the molecule is Nc1cccc(C(=O)Nc2cc(Cl)nc(CC3CC3)n2)c1. The van der Waals surface area contributed by atoms with Crippen molar-refractivity contribution >= 4 is 29.0 Å². The molecule has 0 saturated heterocycles. The van der Waals surface area contributed by atoms with Gasteiger partial charge in [-0.1, -0.05) is 17.7 Å². The Balaban J connectivity index is 1.77. The lowest BCUT2D eigenvalue weighted by Crippen LogP contribution is -2.14. The van der Waals surface area contributed by atoms with Gasteiger partial charge in [-0.25, -0.2) is 9.97 Å².